The van der Waals surface area contributed by atoms with Gasteiger partial charge >= 0.3 is 6.36 Å². The summed E-state index contributed by atoms with van der Waals surface area (Å²) in [5.41, 5.74) is 7.28. The minimum atomic E-state index is -4.79. The Bertz CT molecular complexity index is 1230. The molecule has 2 aliphatic rings. The lowest BCUT2D eigenvalue weighted by Crippen LogP contribution is -2.43. The number of alkyl halides is 3. The fourth-order valence-electron chi connectivity index (χ4n) is 4.18. The van der Waals surface area contributed by atoms with Crippen molar-refractivity contribution in [2.75, 3.05) is 18.0 Å². The fraction of sp³-hybridized carbons (Fsp3) is 0.375. The highest BCUT2D eigenvalue weighted by Gasteiger charge is 2.31. The molecule has 4 N–H and O–H groups in total. The van der Waals surface area contributed by atoms with E-state index in [9.17, 15) is 27.6 Å². The summed E-state index contributed by atoms with van der Waals surface area (Å²) in [6, 6.07) is 6.68. The van der Waals surface area contributed by atoms with E-state index < -0.39 is 17.5 Å². The predicted octanol–water partition coefficient (Wildman–Crippen LogP) is 2.95. The van der Waals surface area contributed by atoms with Gasteiger partial charge in [-0.1, -0.05) is 12.1 Å². The van der Waals surface area contributed by atoms with E-state index in [0.29, 0.717) is 43.1 Å². The molecule has 0 aliphatic carbocycles. The number of nitrogens with two attached hydrogens (primary N) is 1. The van der Waals surface area contributed by atoms with Gasteiger partial charge in [0.1, 0.15) is 5.75 Å². The van der Waals surface area contributed by atoms with Gasteiger partial charge in [-0.2, -0.15) is 0 Å². The summed E-state index contributed by atoms with van der Waals surface area (Å²) in [5.74, 6) is -0.510. The topological polar surface area (TPSA) is 140 Å². The van der Waals surface area contributed by atoms with E-state index in [1.807, 2.05) is 4.90 Å². The first kappa shape index (κ1) is 27.4. The molecule has 0 spiro atoms. The molecule has 2 aromatic rings. The molecule has 4 rings (SSSR count). The molecule has 0 saturated carbocycles. The number of amides is 3. The number of anilines is 1. The van der Waals surface area contributed by atoms with Crippen LogP contribution in [-0.4, -0.2) is 52.5 Å². The summed E-state index contributed by atoms with van der Waals surface area (Å²) in [7, 11) is 0. The smallest absolute Gasteiger partial charge is 0.406 e. The monoisotopic (exact) mass is 550 g/mol. The standard InChI is InChI=1S/C24H25F3N6O4S/c25-24(26,27)37-17-3-1-2-14(10-17)13-30-20(34)12-18(28)15-5-8-33(9-6-15)22-29-7-4-16(31-22)11-19-21(35)32-23(36)38-19/h1-4,7,10-11,15,18H,5-6,8-9,12-13,28H2,(H,30,34)(H,32,35,36). The van der Waals surface area contributed by atoms with E-state index in [-0.39, 0.29) is 41.5 Å². The van der Waals surface area contributed by atoms with Crippen molar-refractivity contribution in [1.29, 1.82) is 0 Å². The number of imide groups is 1. The number of hydrogen-bond acceptors (Lipinski definition) is 9. The zero-order chi connectivity index (χ0) is 27.3. The molecule has 0 radical (unpaired) electrons. The maximum Gasteiger partial charge on any atom is 0.573 e. The molecule has 2 aliphatic heterocycles. The number of thioether (sulfide) groups is 1. The fourth-order valence-corrected chi connectivity index (χ4v) is 4.85. The number of piperidine rings is 1. The van der Waals surface area contributed by atoms with Crippen LogP contribution in [0.2, 0.25) is 0 Å². The quantitative estimate of drug-likeness (QED) is 0.423. The summed E-state index contributed by atoms with van der Waals surface area (Å²) >= 11 is 0.817. The number of carbonyl (C=O) groups excluding carboxylic acids is 3. The number of nitrogens with one attached hydrogen (secondary N) is 2. The molecule has 0 bridgehead atoms. The molecule has 3 amide bonds. The molecule has 10 nitrogen and oxygen atoms in total. The maximum atomic E-state index is 12.4. The minimum Gasteiger partial charge on any atom is -0.406 e. The van der Waals surface area contributed by atoms with E-state index in [1.54, 1.807) is 18.3 Å². The van der Waals surface area contributed by atoms with Crippen LogP contribution in [0, 0.1) is 5.92 Å². The van der Waals surface area contributed by atoms with Crippen LogP contribution in [0.15, 0.2) is 41.4 Å². The zero-order valence-electron chi connectivity index (χ0n) is 20.0. The molecule has 1 unspecified atom stereocenters. The normalized spacial score (nSPS) is 18.4. The Morgan fingerprint density at radius 2 is 2.05 bits per heavy atom. The second-order valence-electron chi connectivity index (χ2n) is 8.80. The third-order valence-corrected chi connectivity index (χ3v) is 6.87. The summed E-state index contributed by atoms with van der Waals surface area (Å²) in [6.45, 7) is 1.30. The Balaban J connectivity index is 1.24. The van der Waals surface area contributed by atoms with Crippen LogP contribution in [0.25, 0.3) is 6.08 Å². The SMILES string of the molecule is NC(CC(=O)NCc1cccc(OC(F)(F)F)c1)C1CCN(c2nccc(C=C3SC(=O)NC3=O)n2)CC1. The number of ether oxygens (including phenoxy) is 1. The van der Waals surface area contributed by atoms with Gasteiger partial charge in [-0.3, -0.25) is 19.7 Å². The van der Waals surface area contributed by atoms with Crippen molar-refractivity contribution >= 4 is 40.8 Å². The Morgan fingerprint density at radius 3 is 2.74 bits per heavy atom. The van der Waals surface area contributed by atoms with Crippen molar-refractivity contribution in [3.05, 3.63) is 52.7 Å². The number of benzene rings is 1. The van der Waals surface area contributed by atoms with Gasteiger partial charge in [0.25, 0.3) is 11.1 Å². The molecule has 2 fully saturated rings. The van der Waals surface area contributed by atoms with Crippen LogP contribution in [0.5, 0.6) is 5.75 Å². The second-order valence-corrected chi connectivity index (χ2v) is 9.81. The Labute approximate surface area is 220 Å². The van der Waals surface area contributed by atoms with Crippen molar-refractivity contribution in [3.63, 3.8) is 0 Å². The van der Waals surface area contributed by atoms with E-state index in [1.165, 1.54) is 24.3 Å². The number of hydrogen-bond donors (Lipinski definition) is 3. The lowest BCUT2D eigenvalue weighted by atomic mass is 9.88. The van der Waals surface area contributed by atoms with Gasteiger partial charge in [-0.15, -0.1) is 13.2 Å². The summed E-state index contributed by atoms with van der Waals surface area (Å²) < 4.78 is 41.1. The first-order valence-corrected chi connectivity index (χ1v) is 12.6. The first-order valence-electron chi connectivity index (χ1n) is 11.8. The maximum absolute atomic E-state index is 12.4. The molecule has 14 heteroatoms. The van der Waals surface area contributed by atoms with E-state index in [2.05, 4.69) is 25.3 Å². The molecule has 2 saturated heterocycles. The third kappa shape index (κ3) is 7.68. The summed E-state index contributed by atoms with van der Waals surface area (Å²) in [4.78, 5) is 46.6. The van der Waals surface area contributed by atoms with Crippen LogP contribution >= 0.6 is 11.8 Å². The second kappa shape index (κ2) is 11.8. The lowest BCUT2D eigenvalue weighted by Gasteiger charge is -2.34. The molecule has 38 heavy (non-hydrogen) atoms. The van der Waals surface area contributed by atoms with Crippen molar-refractivity contribution in [1.82, 2.24) is 20.6 Å². The zero-order valence-corrected chi connectivity index (χ0v) is 20.8. The van der Waals surface area contributed by atoms with Gasteiger partial charge in [0.05, 0.1) is 10.6 Å². The van der Waals surface area contributed by atoms with Gasteiger partial charge in [-0.05, 0) is 60.4 Å². The van der Waals surface area contributed by atoms with Gasteiger partial charge in [0, 0.05) is 38.3 Å². The minimum absolute atomic E-state index is 0.0528. The van der Waals surface area contributed by atoms with Crippen molar-refractivity contribution in [2.24, 2.45) is 11.7 Å². The molecule has 1 atom stereocenters. The number of carbonyl (C=O) groups is 3. The van der Waals surface area contributed by atoms with Crippen molar-refractivity contribution in [3.8, 4) is 5.75 Å². The number of nitrogens with zero attached hydrogens (tertiary/aromatic N) is 3. The number of halogens is 3. The van der Waals surface area contributed by atoms with Gasteiger partial charge < -0.3 is 20.7 Å². The highest BCUT2D eigenvalue weighted by atomic mass is 32.2. The highest BCUT2D eigenvalue weighted by Crippen LogP contribution is 2.27. The van der Waals surface area contributed by atoms with Crippen LogP contribution < -0.4 is 26.0 Å². The molecule has 202 valence electrons. The van der Waals surface area contributed by atoms with Crippen molar-refractivity contribution < 1.29 is 32.3 Å². The summed E-state index contributed by atoms with van der Waals surface area (Å²) in [5, 5.41) is 4.47. The average Bonchev–Trinajstić information content (AvgIpc) is 3.18. The molecular formula is C24H25F3N6O4S. The number of aromatic nitrogens is 2. The van der Waals surface area contributed by atoms with Crippen LogP contribution in [0.4, 0.5) is 23.9 Å². The Kier molecular flexibility index (Phi) is 8.52. The summed E-state index contributed by atoms with van der Waals surface area (Å²) in [6.07, 6.45) is -0.149. The molecule has 1 aromatic carbocycles. The predicted molar refractivity (Wildman–Crippen MR) is 134 cm³/mol. The van der Waals surface area contributed by atoms with Gasteiger partial charge in [-0.25, -0.2) is 9.97 Å². The Morgan fingerprint density at radius 1 is 1.29 bits per heavy atom. The van der Waals surface area contributed by atoms with E-state index in [0.717, 1.165) is 11.8 Å². The highest BCUT2D eigenvalue weighted by molar-refractivity contribution is 8.18. The van der Waals surface area contributed by atoms with Crippen LogP contribution in [0.3, 0.4) is 0 Å². The molecular weight excluding hydrogens is 525 g/mol. The third-order valence-electron chi connectivity index (χ3n) is 6.06. The van der Waals surface area contributed by atoms with E-state index >= 15 is 0 Å². The van der Waals surface area contributed by atoms with Crippen LogP contribution in [0.1, 0.15) is 30.5 Å². The number of rotatable bonds is 8. The van der Waals surface area contributed by atoms with Gasteiger partial charge in [0.2, 0.25) is 11.9 Å². The Hall–Kier alpha value is -3.65. The lowest BCUT2D eigenvalue weighted by molar-refractivity contribution is -0.274. The van der Waals surface area contributed by atoms with E-state index in [4.69, 9.17) is 5.73 Å². The first-order chi connectivity index (χ1) is 18.1. The molecule has 3 heterocycles. The largest absolute Gasteiger partial charge is 0.573 e. The van der Waals surface area contributed by atoms with Gasteiger partial charge in [0.15, 0.2) is 0 Å². The van der Waals surface area contributed by atoms with Crippen LogP contribution in [-0.2, 0) is 16.1 Å². The van der Waals surface area contributed by atoms with Crippen molar-refractivity contribution in [2.45, 2.75) is 38.2 Å². The average molecular weight is 551 g/mol. The molecule has 1 aromatic heterocycles.